The fourth-order valence-electron chi connectivity index (χ4n) is 8.51. The van der Waals surface area contributed by atoms with Gasteiger partial charge in [-0.1, -0.05) is 133 Å². The van der Waals surface area contributed by atoms with Crippen molar-refractivity contribution in [2.45, 2.75) is 18.8 Å². The number of furan rings is 1. The molecule has 0 radical (unpaired) electrons. The standard InChI is InChI=1S/C50H34N2OS/c1-3-13-31(14-4-1)44-22-12-23-45(32-15-5-2-6-16-32)52-50(51-44)39-21-11-20-38-42-27-33(25-26-46(42)53-49(38)39)40-28-34-29-48-43(37-19-9-10-24-47(37)54-48)30-41(34)36-18-8-7-17-35(36)40/h1-11,13-27,29-30,40H,12,28H2,(H,51,52)/b44-22+,45-23?. The van der Waals surface area contributed by atoms with Crippen LogP contribution < -0.4 is 5.32 Å². The third kappa shape index (κ3) is 5.13. The molecular formula is C50H34N2OS. The van der Waals surface area contributed by atoms with E-state index in [4.69, 9.17) is 9.41 Å². The molecule has 4 heteroatoms. The van der Waals surface area contributed by atoms with Gasteiger partial charge in [-0.15, -0.1) is 11.3 Å². The van der Waals surface area contributed by atoms with Gasteiger partial charge in [-0.05, 0) is 88.2 Å². The number of aliphatic imine (C=N–C) groups is 1. The molecule has 1 atom stereocenters. The minimum atomic E-state index is 0.229. The number of hydrogen-bond acceptors (Lipinski definition) is 4. The van der Waals surface area contributed by atoms with E-state index in [1.807, 2.05) is 23.5 Å². The maximum absolute atomic E-state index is 6.78. The summed E-state index contributed by atoms with van der Waals surface area (Å²) in [5, 5.41) is 8.65. The third-order valence-electron chi connectivity index (χ3n) is 11.1. The molecule has 2 aliphatic rings. The molecule has 1 unspecified atom stereocenters. The molecule has 1 N–H and O–H groups in total. The second kappa shape index (κ2) is 12.6. The van der Waals surface area contributed by atoms with E-state index in [0.717, 1.165) is 68.7 Å². The van der Waals surface area contributed by atoms with Crippen molar-refractivity contribution < 1.29 is 4.42 Å². The molecule has 1 aliphatic heterocycles. The van der Waals surface area contributed by atoms with Crippen LogP contribution in [0.1, 0.15) is 45.7 Å². The van der Waals surface area contributed by atoms with Crippen molar-refractivity contribution in [1.82, 2.24) is 5.32 Å². The summed E-state index contributed by atoms with van der Waals surface area (Å²) < 4.78 is 9.48. The summed E-state index contributed by atoms with van der Waals surface area (Å²) >= 11 is 1.90. The van der Waals surface area contributed by atoms with Crippen molar-refractivity contribution >= 4 is 70.7 Å². The molecular weight excluding hydrogens is 677 g/mol. The summed E-state index contributed by atoms with van der Waals surface area (Å²) in [7, 11) is 0. The second-order valence-corrected chi connectivity index (χ2v) is 15.3. The molecule has 3 heterocycles. The summed E-state index contributed by atoms with van der Waals surface area (Å²) in [5.41, 5.74) is 13.6. The number of benzene rings is 7. The number of hydrogen-bond donors (Lipinski definition) is 1. The second-order valence-electron chi connectivity index (χ2n) is 14.2. The number of nitrogens with one attached hydrogen (secondary N) is 1. The summed E-state index contributed by atoms with van der Waals surface area (Å²) in [6.07, 6.45) is 6.16. The van der Waals surface area contributed by atoms with Gasteiger partial charge in [0.25, 0.3) is 0 Å². The molecule has 0 spiro atoms. The van der Waals surface area contributed by atoms with Crippen LogP contribution in [-0.4, -0.2) is 5.84 Å². The third-order valence-corrected chi connectivity index (χ3v) is 12.2. The van der Waals surface area contributed by atoms with Gasteiger partial charge in [0.2, 0.25) is 0 Å². The van der Waals surface area contributed by atoms with Crippen LogP contribution in [0.4, 0.5) is 0 Å². The predicted molar refractivity (Wildman–Crippen MR) is 227 cm³/mol. The molecule has 9 aromatic rings. The van der Waals surface area contributed by atoms with Crippen LogP contribution in [0.25, 0.3) is 64.6 Å². The summed E-state index contributed by atoms with van der Waals surface area (Å²) in [6.45, 7) is 0. The first-order valence-electron chi connectivity index (χ1n) is 18.6. The van der Waals surface area contributed by atoms with E-state index in [2.05, 4.69) is 163 Å². The average molecular weight is 711 g/mol. The Morgan fingerprint density at radius 3 is 2.22 bits per heavy atom. The van der Waals surface area contributed by atoms with Gasteiger partial charge in [0.15, 0.2) is 0 Å². The first-order chi connectivity index (χ1) is 26.7. The molecule has 2 aromatic heterocycles. The molecule has 7 aromatic carbocycles. The minimum Gasteiger partial charge on any atom is -0.455 e. The van der Waals surface area contributed by atoms with Gasteiger partial charge in [-0.3, -0.25) is 0 Å². The normalized spacial score (nSPS) is 16.5. The Kier molecular flexibility index (Phi) is 7.24. The van der Waals surface area contributed by atoms with Crippen molar-refractivity contribution in [3.63, 3.8) is 0 Å². The van der Waals surface area contributed by atoms with E-state index < -0.39 is 0 Å². The van der Waals surface area contributed by atoms with Crippen molar-refractivity contribution in [1.29, 1.82) is 0 Å². The number of rotatable bonds is 4. The molecule has 1 aliphatic carbocycles. The molecule has 0 fully saturated rings. The SMILES string of the molecule is C1=C(c2ccccc2)NC(c2cccc3c2oc2ccc(C4Cc5cc6sc7ccccc7c6cc5-c5ccccc54)cc23)=N/C(c2ccccc2)=C/C1. The number of allylic oxidation sites excluding steroid dienone is 2. The Bertz CT molecular complexity index is 3020. The van der Waals surface area contributed by atoms with Crippen LogP contribution in [0.2, 0.25) is 0 Å². The maximum Gasteiger partial charge on any atom is 0.146 e. The first-order valence-corrected chi connectivity index (χ1v) is 19.4. The predicted octanol–water partition coefficient (Wildman–Crippen LogP) is 13.1. The fourth-order valence-corrected chi connectivity index (χ4v) is 9.66. The van der Waals surface area contributed by atoms with Gasteiger partial charge in [0.05, 0.1) is 11.3 Å². The van der Waals surface area contributed by atoms with Gasteiger partial charge in [0, 0.05) is 42.6 Å². The molecule has 0 saturated carbocycles. The highest BCUT2D eigenvalue weighted by Gasteiger charge is 2.28. The quantitative estimate of drug-likeness (QED) is 0.197. The zero-order valence-corrected chi connectivity index (χ0v) is 30.2. The minimum absolute atomic E-state index is 0.229. The van der Waals surface area contributed by atoms with Crippen LogP contribution in [0.3, 0.4) is 0 Å². The Balaban J connectivity index is 1.03. The lowest BCUT2D eigenvalue weighted by molar-refractivity contribution is 0.667. The van der Waals surface area contributed by atoms with Crippen LogP contribution in [0, 0.1) is 0 Å². The van der Waals surface area contributed by atoms with E-state index in [1.165, 1.54) is 48.0 Å². The fraction of sp³-hybridized carbons (Fsp3) is 0.0600. The van der Waals surface area contributed by atoms with Crippen molar-refractivity contribution in [3.05, 3.63) is 203 Å². The van der Waals surface area contributed by atoms with Crippen LogP contribution in [0.5, 0.6) is 0 Å². The summed E-state index contributed by atoms with van der Waals surface area (Å²) in [6, 6.07) is 56.8. The Morgan fingerprint density at radius 1 is 0.574 bits per heavy atom. The lowest BCUT2D eigenvalue weighted by Gasteiger charge is -2.28. The Hall–Kier alpha value is -6.49. The Labute approximate surface area is 317 Å². The number of nitrogens with zero attached hydrogens (tertiary/aromatic N) is 1. The van der Waals surface area contributed by atoms with Crippen LogP contribution in [-0.2, 0) is 6.42 Å². The average Bonchev–Trinajstić information content (AvgIpc) is 3.78. The smallest absolute Gasteiger partial charge is 0.146 e. The zero-order chi connectivity index (χ0) is 35.6. The van der Waals surface area contributed by atoms with Crippen LogP contribution >= 0.6 is 11.3 Å². The molecule has 3 nitrogen and oxygen atoms in total. The molecule has 0 bridgehead atoms. The van der Waals surface area contributed by atoms with E-state index >= 15 is 0 Å². The highest BCUT2D eigenvalue weighted by atomic mass is 32.1. The van der Waals surface area contributed by atoms with Gasteiger partial charge in [-0.2, -0.15) is 0 Å². The van der Waals surface area contributed by atoms with E-state index in [1.54, 1.807) is 0 Å². The number of thiophene rings is 1. The van der Waals surface area contributed by atoms with Crippen LogP contribution in [0.15, 0.2) is 179 Å². The lowest BCUT2D eigenvalue weighted by atomic mass is 9.75. The first kappa shape index (κ1) is 31.1. The van der Waals surface area contributed by atoms with Gasteiger partial charge in [-0.25, -0.2) is 4.99 Å². The van der Waals surface area contributed by atoms with Gasteiger partial charge in [0.1, 0.15) is 17.0 Å². The van der Waals surface area contributed by atoms with Gasteiger partial charge >= 0.3 is 0 Å². The van der Waals surface area contributed by atoms with E-state index in [-0.39, 0.29) is 5.92 Å². The Morgan fingerprint density at radius 2 is 1.33 bits per heavy atom. The highest BCUT2D eigenvalue weighted by molar-refractivity contribution is 7.25. The number of para-hydroxylation sites is 1. The summed E-state index contributed by atoms with van der Waals surface area (Å²) in [4.78, 5) is 5.31. The number of amidine groups is 1. The number of fused-ring (bicyclic) bond motifs is 9. The summed E-state index contributed by atoms with van der Waals surface area (Å²) in [5.74, 6) is 0.988. The molecule has 54 heavy (non-hydrogen) atoms. The topological polar surface area (TPSA) is 37.5 Å². The maximum atomic E-state index is 6.78. The van der Waals surface area contributed by atoms with E-state index in [9.17, 15) is 0 Å². The monoisotopic (exact) mass is 710 g/mol. The molecule has 0 amide bonds. The highest BCUT2D eigenvalue weighted by Crippen LogP contribution is 2.47. The molecule has 0 saturated heterocycles. The van der Waals surface area contributed by atoms with E-state index in [0.29, 0.717) is 0 Å². The molecule has 11 rings (SSSR count). The van der Waals surface area contributed by atoms with Crippen molar-refractivity contribution in [2.75, 3.05) is 0 Å². The lowest BCUT2D eigenvalue weighted by Crippen LogP contribution is -2.24. The van der Waals surface area contributed by atoms with Crippen molar-refractivity contribution in [3.8, 4) is 11.1 Å². The van der Waals surface area contributed by atoms with Gasteiger partial charge < -0.3 is 9.73 Å². The largest absolute Gasteiger partial charge is 0.455 e. The zero-order valence-electron chi connectivity index (χ0n) is 29.4. The molecule has 256 valence electrons. The van der Waals surface area contributed by atoms with Crippen molar-refractivity contribution in [2.24, 2.45) is 4.99 Å².